The van der Waals surface area contributed by atoms with E-state index in [4.69, 9.17) is 0 Å². The van der Waals surface area contributed by atoms with E-state index in [-0.39, 0.29) is 31.2 Å². The smallest absolute Gasteiger partial charge is 0.393 e. The van der Waals surface area contributed by atoms with Gasteiger partial charge in [-0.15, -0.1) is 0 Å². The van der Waals surface area contributed by atoms with Crippen LogP contribution in [-0.2, 0) is 4.79 Å². The second-order valence-corrected chi connectivity index (χ2v) is 7.80. The molecular formula is C18H26F3N3O3. The van der Waals surface area contributed by atoms with Crippen LogP contribution in [0.3, 0.4) is 0 Å². The zero-order valence-corrected chi connectivity index (χ0v) is 15.3. The number of carbonyl (C=O) groups is 1. The number of likely N-dealkylation sites (tertiary alicyclic amines) is 1. The van der Waals surface area contributed by atoms with E-state index in [1.54, 1.807) is 6.20 Å². The van der Waals surface area contributed by atoms with Crippen LogP contribution in [0.2, 0.25) is 0 Å². The average Bonchev–Trinajstić information content (AvgIpc) is 3.10. The number of rotatable bonds is 3. The standard InChI is InChI=1S/C18H26F3N3O3/c1-17(27,18(19,20)21)16(26)23-10-7-12(8-11-23)15-6-9-22-24(15)13-2-4-14(25)5-3-13/h6,9,12-14,25,27H,2-5,7-8,10-11H2,1H3/t13-,14-,17?. The van der Waals surface area contributed by atoms with E-state index in [1.807, 2.05) is 10.7 Å². The third kappa shape index (κ3) is 3.99. The van der Waals surface area contributed by atoms with Gasteiger partial charge >= 0.3 is 6.18 Å². The molecule has 1 aromatic heterocycles. The highest BCUT2D eigenvalue weighted by Gasteiger charge is 2.57. The first kappa shape index (κ1) is 20.1. The highest BCUT2D eigenvalue weighted by molar-refractivity contribution is 5.85. The van der Waals surface area contributed by atoms with Crippen molar-refractivity contribution in [2.24, 2.45) is 0 Å². The van der Waals surface area contributed by atoms with Crippen molar-refractivity contribution in [3.8, 4) is 0 Å². The Labute approximate surface area is 156 Å². The van der Waals surface area contributed by atoms with Crippen LogP contribution in [-0.4, -0.2) is 61.8 Å². The maximum Gasteiger partial charge on any atom is 0.426 e. The van der Waals surface area contributed by atoms with Gasteiger partial charge in [-0.2, -0.15) is 18.3 Å². The number of hydrogen-bond acceptors (Lipinski definition) is 4. The summed E-state index contributed by atoms with van der Waals surface area (Å²) in [5.41, 5.74) is -2.32. The number of aliphatic hydroxyl groups is 2. The van der Waals surface area contributed by atoms with Gasteiger partial charge in [0.1, 0.15) is 0 Å². The molecule has 1 aromatic rings. The lowest BCUT2D eigenvalue weighted by molar-refractivity contribution is -0.250. The molecule has 0 spiro atoms. The molecule has 1 unspecified atom stereocenters. The topological polar surface area (TPSA) is 78.6 Å². The molecule has 2 aliphatic rings. The van der Waals surface area contributed by atoms with E-state index in [1.165, 1.54) is 0 Å². The van der Waals surface area contributed by atoms with E-state index >= 15 is 0 Å². The van der Waals surface area contributed by atoms with E-state index in [0.717, 1.165) is 36.3 Å². The molecule has 1 aliphatic heterocycles. The minimum Gasteiger partial charge on any atom is -0.393 e. The van der Waals surface area contributed by atoms with Crippen molar-refractivity contribution in [3.05, 3.63) is 18.0 Å². The van der Waals surface area contributed by atoms with Gasteiger partial charge in [0.2, 0.25) is 5.60 Å². The molecule has 0 radical (unpaired) electrons. The van der Waals surface area contributed by atoms with Crippen molar-refractivity contribution in [2.75, 3.05) is 13.1 Å². The summed E-state index contributed by atoms with van der Waals surface area (Å²) in [5.74, 6) is -1.18. The van der Waals surface area contributed by atoms with Crippen LogP contribution in [0.25, 0.3) is 0 Å². The third-order valence-electron chi connectivity index (χ3n) is 5.88. The maximum atomic E-state index is 12.9. The predicted molar refractivity (Wildman–Crippen MR) is 91.0 cm³/mol. The second kappa shape index (κ2) is 7.43. The molecular weight excluding hydrogens is 363 g/mol. The van der Waals surface area contributed by atoms with Crippen molar-refractivity contribution >= 4 is 5.91 Å². The summed E-state index contributed by atoms with van der Waals surface area (Å²) in [6, 6.07) is 2.16. The Hall–Kier alpha value is -1.61. The average molecular weight is 389 g/mol. The lowest BCUT2D eigenvalue weighted by Crippen LogP contribution is -2.57. The summed E-state index contributed by atoms with van der Waals surface area (Å²) < 4.78 is 40.7. The van der Waals surface area contributed by atoms with E-state index in [9.17, 15) is 28.2 Å². The molecule has 2 fully saturated rings. The SMILES string of the molecule is CC(O)(C(=O)N1CCC(c2ccnn2[C@H]2CC[C@H](O)CC2)CC1)C(F)(F)F. The summed E-state index contributed by atoms with van der Waals surface area (Å²) in [7, 11) is 0. The number of aromatic nitrogens is 2. The molecule has 0 aromatic carbocycles. The molecule has 0 bridgehead atoms. The monoisotopic (exact) mass is 389 g/mol. The van der Waals surface area contributed by atoms with Crippen LogP contribution in [0.15, 0.2) is 12.3 Å². The number of amides is 1. The molecule has 2 N–H and O–H groups in total. The fourth-order valence-electron chi connectivity index (χ4n) is 4.06. The molecule has 3 rings (SSSR count). The minimum atomic E-state index is -4.99. The molecule has 6 nitrogen and oxygen atoms in total. The lowest BCUT2D eigenvalue weighted by atomic mass is 9.90. The van der Waals surface area contributed by atoms with Crippen LogP contribution < -0.4 is 0 Å². The van der Waals surface area contributed by atoms with Gasteiger partial charge in [0, 0.05) is 30.9 Å². The third-order valence-corrected chi connectivity index (χ3v) is 5.88. The first-order chi connectivity index (χ1) is 12.6. The number of alkyl halides is 3. The molecule has 1 aliphatic carbocycles. The summed E-state index contributed by atoms with van der Waals surface area (Å²) in [5, 5.41) is 23.7. The van der Waals surface area contributed by atoms with Gasteiger partial charge in [-0.05, 0) is 51.5 Å². The Morgan fingerprint density at radius 2 is 1.74 bits per heavy atom. The second-order valence-electron chi connectivity index (χ2n) is 7.80. The number of halogens is 3. The van der Waals surface area contributed by atoms with Crippen LogP contribution >= 0.6 is 0 Å². The van der Waals surface area contributed by atoms with E-state index in [0.29, 0.717) is 19.8 Å². The Morgan fingerprint density at radius 1 is 1.15 bits per heavy atom. The molecule has 9 heteroatoms. The van der Waals surface area contributed by atoms with Crippen molar-refractivity contribution in [3.63, 3.8) is 0 Å². The zero-order valence-electron chi connectivity index (χ0n) is 15.3. The quantitative estimate of drug-likeness (QED) is 0.832. The van der Waals surface area contributed by atoms with Gasteiger partial charge < -0.3 is 15.1 Å². The first-order valence-corrected chi connectivity index (χ1v) is 9.41. The summed E-state index contributed by atoms with van der Waals surface area (Å²) in [6.45, 7) is 0.850. The van der Waals surface area contributed by atoms with Gasteiger partial charge in [0.15, 0.2) is 0 Å². The van der Waals surface area contributed by atoms with Gasteiger partial charge in [0.05, 0.1) is 12.1 Å². The van der Waals surface area contributed by atoms with Gasteiger partial charge in [-0.1, -0.05) is 0 Å². The van der Waals surface area contributed by atoms with Crippen molar-refractivity contribution in [2.45, 2.75) is 75.3 Å². The van der Waals surface area contributed by atoms with Gasteiger partial charge in [-0.25, -0.2) is 0 Å². The highest BCUT2D eigenvalue weighted by Crippen LogP contribution is 2.36. The molecule has 152 valence electrons. The van der Waals surface area contributed by atoms with Crippen LogP contribution in [0.5, 0.6) is 0 Å². The molecule has 1 saturated heterocycles. The number of piperidine rings is 1. The van der Waals surface area contributed by atoms with Crippen molar-refractivity contribution in [1.82, 2.24) is 14.7 Å². The number of nitrogens with zero attached hydrogens (tertiary/aromatic N) is 3. The Kier molecular flexibility index (Phi) is 5.54. The van der Waals surface area contributed by atoms with E-state index in [2.05, 4.69) is 5.10 Å². The first-order valence-electron chi connectivity index (χ1n) is 9.41. The molecule has 27 heavy (non-hydrogen) atoms. The molecule has 1 saturated carbocycles. The summed E-state index contributed by atoms with van der Waals surface area (Å²) >= 11 is 0. The Morgan fingerprint density at radius 3 is 2.30 bits per heavy atom. The number of hydrogen-bond donors (Lipinski definition) is 2. The van der Waals surface area contributed by atoms with Gasteiger partial charge in [0.25, 0.3) is 5.91 Å². The Balaban J connectivity index is 1.64. The molecule has 1 amide bonds. The van der Waals surface area contributed by atoms with Crippen LogP contribution in [0.1, 0.15) is 63.1 Å². The summed E-state index contributed by atoms with van der Waals surface area (Å²) in [4.78, 5) is 13.2. The highest BCUT2D eigenvalue weighted by atomic mass is 19.4. The fourth-order valence-corrected chi connectivity index (χ4v) is 4.06. The van der Waals surface area contributed by atoms with E-state index < -0.39 is 17.7 Å². The molecule has 2 heterocycles. The Bertz CT molecular complexity index is 658. The number of carbonyl (C=O) groups excluding carboxylic acids is 1. The van der Waals surface area contributed by atoms with Crippen LogP contribution in [0.4, 0.5) is 13.2 Å². The van der Waals surface area contributed by atoms with Crippen LogP contribution in [0, 0.1) is 0 Å². The zero-order chi connectivity index (χ0) is 19.8. The predicted octanol–water partition coefficient (Wildman–Crippen LogP) is 2.38. The minimum absolute atomic E-state index is 0.110. The maximum absolute atomic E-state index is 12.9. The van der Waals surface area contributed by atoms with Crippen molar-refractivity contribution < 1.29 is 28.2 Å². The molecule has 1 atom stereocenters. The fraction of sp³-hybridized carbons (Fsp3) is 0.778. The lowest BCUT2D eigenvalue weighted by Gasteiger charge is -2.37. The van der Waals surface area contributed by atoms with Crippen molar-refractivity contribution in [1.29, 1.82) is 0 Å². The number of aliphatic hydroxyl groups excluding tert-OH is 1. The largest absolute Gasteiger partial charge is 0.426 e. The van der Waals surface area contributed by atoms with Gasteiger partial charge in [-0.3, -0.25) is 9.48 Å². The normalized spacial score (nSPS) is 27.4. The summed E-state index contributed by atoms with van der Waals surface area (Å²) in [6.07, 6.45) is 0.713.